The summed E-state index contributed by atoms with van der Waals surface area (Å²) in [6, 6.07) is 11.0. The normalized spacial score (nSPS) is 10.3. The minimum absolute atomic E-state index is 0.0601. The third-order valence-electron chi connectivity index (χ3n) is 2.20. The summed E-state index contributed by atoms with van der Waals surface area (Å²) in [5, 5.41) is 0. The molecule has 0 aromatic heterocycles. The SMILES string of the molecule is Fc1ccc(OCc2ccc(I)cc2)c(F)c1. The Labute approximate surface area is 112 Å². The van der Waals surface area contributed by atoms with Crippen molar-refractivity contribution in [2.75, 3.05) is 0 Å². The number of rotatable bonds is 3. The number of hydrogen-bond acceptors (Lipinski definition) is 1. The number of benzene rings is 2. The second-order valence-corrected chi connectivity index (χ2v) is 4.74. The molecule has 2 aromatic rings. The van der Waals surface area contributed by atoms with Crippen LogP contribution in [0.25, 0.3) is 0 Å². The second-order valence-electron chi connectivity index (χ2n) is 3.49. The van der Waals surface area contributed by atoms with E-state index in [9.17, 15) is 8.78 Å². The third-order valence-corrected chi connectivity index (χ3v) is 2.92. The Morgan fingerprint density at radius 1 is 1.00 bits per heavy atom. The lowest BCUT2D eigenvalue weighted by atomic mass is 10.2. The van der Waals surface area contributed by atoms with E-state index in [-0.39, 0.29) is 12.4 Å². The van der Waals surface area contributed by atoms with Crippen LogP contribution in [0.5, 0.6) is 5.75 Å². The van der Waals surface area contributed by atoms with E-state index in [0.717, 1.165) is 15.2 Å². The molecular weight excluding hydrogens is 337 g/mol. The molecule has 2 aromatic carbocycles. The minimum Gasteiger partial charge on any atom is -0.486 e. The highest BCUT2D eigenvalue weighted by atomic mass is 127. The summed E-state index contributed by atoms with van der Waals surface area (Å²) in [4.78, 5) is 0. The van der Waals surface area contributed by atoms with Crippen molar-refractivity contribution in [1.29, 1.82) is 0 Å². The fraction of sp³-hybridized carbons (Fsp3) is 0.0769. The highest BCUT2D eigenvalue weighted by Crippen LogP contribution is 2.19. The third kappa shape index (κ3) is 3.39. The zero-order valence-corrected chi connectivity index (χ0v) is 10.9. The lowest BCUT2D eigenvalue weighted by molar-refractivity contribution is 0.289. The predicted octanol–water partition coefficient (Wildman–Crippen LogP) is 4.15. The van der Waals surface area contributed by atoms with Crippen LogP contribution in [-0.4, -0.2) is 0 Å². The monoisotopic (exact) mass is 346 g/mol. The average molecular weight is 346 g/mol. The van der Waals surface area contributed by atoms with Gasteiger partial charge < -0.3 is 4.74 Å². The summed E-state index contributed by atoms with van der Waals surface area (Å²) in [7, 11) is 0. The maximum atomic E-state index is 13.3. The molecule has 1 nitrogen and oxygen atoms in total. The van der Waals surface area contributed by atoms with Crippen LogP contribution in [0, 0.1) is 15.2 Å². The van der Waals surface area contributed by atoms with Crippen LogP contribution in [0.1, 0.15) is 5.56 Å². The van der Waals surface area contributed by atoms with Crippen molar-refractivity contribution in [1.82, 2.24) is 0 Å². The van der Waals surface area contributed by atoms with Crippen molar-refractivity contribution in [2.24, 2.45) is 0 Å². The van der Waals surface area contributed by atoms with Crippen LogP contribution in [0.2, 0.25) is 0 Å². The molecule has 0 aliphatic heterocycles. The van der Waals surface area contributed by atoms with Gasteiger partial charge in [-0.05, 0) is 52.4 Å². The first kappa shape index (κ1) is 12.3. The highest BCUT2D eigenvalue weighted by molar-refractivity contribution is 14.1. The molecule has 0 N–H and O–H groups in total. The molecule has 0 fully saturated rings. The molecule has 0 aliphatic rings. The zero-order chi connectivity index (χ0) is 12.3. The summed E-state index contributed by atoms with van der Waals surface area (Å²) in [5.41, 5.74) is 0.939. The lowest BCUT2D eigenvalue weighted by Gasteiger charge is -2.07. The van der Waals surface area contributed by atoms with Gasteiger partial charge in [0.15, 0.2) is 11.6 Å². The molecule has 0 bridgehead atoms. The Kier molecular flexibility index (Phi) is 3.93. The maximum absolute atomic E-state index is 13.3. The van der Waals surface area contributed by atoms with Crippen LogP contribution >= 0.6 is 22.6 Å². The molecule has 0 aliphatic carbocycles. The van der Waals surface area contributed by atoms with Crippen LogP contribution in [0.15, 0.2) is 42.5 Å². The molecule has 0 unspecified atom stereocenters. The quantitative estimate of drug-likeness (QED) is 0.759. The van der Waals surface area contributed by atoms with Gasteiger partial charge in [-0.1, -0.05) is 12.1 Å². The molecule has 0 radical (unpaired) electrons. The number of halogens is 3. The smallest absolute Gasteiger partial charge is 0.167 e. The lowest BCUT2D eigenvalue weighted by Crippen LogP contribution is -1.97. The summed E-state index contributed by atoms with van der Waals surface area (Å²) < 4.78 is 32.3. The number of ether oxygens (including phenoxy) is 1. The van der Waals surface area contributed by atoms with Gasteiger partial charge in [0.25, 0.3) is 0 Å². The fourth-order valence-electron chi connectivity index (χ4n) is 1.33. The first-order chi connectivity index (χ1) is 8.15. The van der Waals surface area contributed by atoms with E-state index in [2.05, 4.69) is 22.6 Å². The highest BCUT2D eigenvalue weighted by Gasteiger charge is 2.04. The minimum atomic E-state index is -0.685. The summed E-state index contributed by atoms with van der Waals surface area (Å²) in [6.45, 7) is 0.263. The van der Waals surface area contributed by atoms with Crippen LogP contribution in [0.3, 0.4) is 0 Å². The first-order valence-corrected chi connectivity index (χ1v) is 6.05. The van der Waals surface area contributed by atoms with Gasteiger partial charge in [0.05, 0.1) is 0 Å². The Bertz CT molecular complexity index is 511. The fourth-order valence-corrected chi connectivity index (χ4v) is 1.69. The van der Waals surface area contributed by atoms with Crippen molar-refractivity contribution < 1.29 is 13.5 Å². The van der Waals surface area contributed by atoms with Crippen molar-refractivity contribution in [2.45, 2.75) is 6.61 Å². The van der Waals surface area contributed by atoms with Crippen LogP contribution in [-0.2, 0) is 6.61 Å². The van der Waals surface area contributed by atoms with Crippen LogP contribution in [0.4, 0.5) is 8.78 Å². The Balaban J connectivity index is 2.04. The molecule has 0 heterocycles. The van der Waals surface area contributed by atoms with E-state index in [4.69, 9.17) is 4.74 Å². The molecule has 0 saturated heterocycles. The molecule has 0 saturated carbocycles. The van der Waals surface area contributed by atoms with Gasteiger partial charge >= 0.3 is 0 Å². The molecule has 0 amide bonds. The van der Waals surface area contributed by atoms with Gasteiger partial charge in [0.1, 0.15) is 12.4 Å². The van der Waals surface area contributed by atoms with E-state index in [1.54, 1.807) is 0 Å². The average Bonchev–Trinajstić information content (AvgIpc) is 2.30. The summed E-state index contributed by atoms with van der Waals surface area (Å²) >= 11 is 2.20. The number of hydrogen-bond donors (Lipinski definition) is 0. The summed E-state index contributed by atoms with van der Waals surface area (Å²) in [6.07, 6.45) is 0. The second kappa shape index (κ2) is 5.44. The van der Waals surface area contributed by atoms with Crippen molar-refractivity contribution in [3.05, 3.63) is 63.2 Å². The molecule has 2 rings (SSSR count). The van der Waals surface area contributed by atoms with Gasteiger partial charge in [0, 0.05) is 9.64 Å². The van der Waals surface area contributed by atoms with E-state index in [1.165, 1.54) is 12.1 Å². The van der Waals surface area contributed by atoms with Crippen molar-refractivity contribution in [3.8, 4) is 5.75 Å². The van der Waals surface area contributed by atoms with E-state index < -0.39 is 11.6 Å². The topological polar surface area (TPSA) is 9.23 Å². The van der Waals surface area contributed by atoms with Crippen molar-refractivity contribution >= 4 is 22.6 Å². The zero-order valence-electron chi connectivity index (χ0n) is 8.79. The first-order valence-electron chi connectivity index (χ1n) is 4.97. The van der Waals surface area contributed by atoms with E-state index >= 15 is 0 Å². The molecule has 0 atom stereocenters. The molecule has 88 valence electrons. The molecule has 17 heavy (non-hydrogen) atoms. The Morgan fingerprint density at radius 2 is 1.71 bits per heavy atom. The van der Waals surface area contributed by atoms with E-state index in [1.807, 2.05) is 24.3 Å². The molecule has 0 spiro atoms. The van der Waals surface area contributed by atoms with Crippen molar-refractivity contribution in [3.63, 3.8) is 0 Å². The van der Waals surface area contributed by atoms with Gasteiger partial charge in [-0.15, -0.1) is 0 Å². The molecular formula is C13H9F2IO. The van der Waals surface area contributed by atoms with Gasteiger partial charge in [-0.25, -0.2) is 8.78 Å². The van der Waals surface area contributed by atoms with Gasteiger partial charge in [-0.2, -0.15) is 0 Å². The standard InChI is InChI=1S/C13H9F2IO/c14-10-3-6-13(12(15)7-10)17-8-9-1-4-11(16)5-2-9/h1-7H,8H2. The van der Waals surface area contributed by atoms with Crippen LogP contribution < -0.4 is 4.74 Å². The predicted molar refractivity (Wildman–Crippen MR) is 69.8 cm³/mol. The summed E-state index contributed by atoms with van der Waals surface area (Å²) in [5.74, 6) is -1.23. The Morgan fingerprint density at radius 3 is 2.35 bits per heavy atom. The molecule has 4 heteroatoms. The largest absolute Gasteiger partial charge is 0.486 e. The maximum Gasteiger partial charge on any atom is 0.167 e. The van der Waals surface area contributed by atoms with E-state index in [0.29, 0.717) is 0 Å². The van der Waals surface area contributed by atoms with Gasteiger partial charge in [-0.3, -0.25) is 0 Å². The van der Waals surface area contributed by atoms with Gasteiger partial charge in [0.2, 0.25) is 0 Å². The Hall–Kier alpha value is -1.17.